The standard InChI is InChI=1S/C33H42O20/c34-8-18-21(39)24(42)27(45)31(50-18)47-13-5-15(38)14-7-17(29(48-16(14)6-13)11-1-3-12(37)4-2-11)49-33-30(26(44)23(41)20(10-36)52-33)53-32-28(46)25(43)22(40)19(9-35)51-32/h1-7,18-46H,8-10H2/p+1. The van der Waals surface area contributed by atoms with Crippen LogP contribution < -0.4 is 4.74 Å². The molecule has 0 radical (unpaired) electrons. The van der Waals surface area contributed by atoms with Gasteiger partial charge in [0.25, 0.3) is 11.9 Å². The third-order valence-corrected chi connectivity index (χ3v) is 9.46. The largest absolute Gasteiger partial charge is 0.571 e. The Hall–Kier alpha value is -3.42. The van der Waals surface area contributed by atoms with Crippen LogP contribution in [0.1, 0.15) is 17.2 Å². The SMILES string of the molecule is OCC1OC(Oc2cc(O)c3c(c2)[OH+]C(c2ccc(O)cc2)C(OC2OC(CO)C(O)C(O)C2OC2OC(CO)C(O)C(O)C2O)=C3)C(O)C(O)C1O. The monoisotopic (exact) mass is 759 g/mol. The maximum absolute atomic E-state index is 11.1. The number of hydrogen-bond donors (Lipinski definition) is 13. The molecule has 53 heavy (non-hydrogen) atoms. The predicted octanol–water partition coefficient (Wildman–Crippen LogP) is -4.75. The molecule has 2 aromatic carbocycles. The van der Waals surface area contributed by atoms with Gasteiger partial charge in [0.1, 0.15) is 90.0 Å². The van der Waals surface area contributed by atoms with E-state index in [9.17, 15) is 66.4 Å². The van der Waals surface area contributed by atoms with Gasteiger partial charge in [-0.05, 0) is 24.3 Å². The molecule has 3 saturated heterocycles. The van der Waals surface area contributed by atoms with Crippen molar-refractivity contribution in [3.05, 3.63) is 53.3 Å². The summed E-state index contributed by atoms with van der Waals surface area (Å²) < 4.78 is 38.9. The number of hydrogen-bond acceptors (Lipinski definition) is 19. The highest BCUT2D eigenvalue weighted by Crippen LogP contribution is 2.46. The summed E-state index contributed by atoms with van der Waals surface area (Å²) in [6, 6.07) is 8.18. The van der Waals surface area contributed by atoms with E-state index in [1.807, 2.05) is 0 Å². The van der Waals surface area contributed by atoms with E-state index in [-0.39, 0.29) is 28.6 Å². The van der Waals surface area contributed by atoms with E-state index >= 15 is 0 Å². The molecule has 4 heterocycles. The lowest BCUT2D eigenvalue weighted by molar-refractivity contribution is -0.364. The van der Waals surface area contributed by atoms with Crippen molar-refractivity contribution in [1.82, 2.24) is 0 Å². The Labute approximate surface area is 300 Å². The molecule has 0 saturated carbocycles. The summed E-state index contributed by atoms with van der Waals surface area (Å²) in [4.78, 5) is 0. The van der Waals surface area contributed by atoms with Crippen molar-refractivity contribution in [2.24, 2.45) is 0 Å². The first-order valence-electron chi connectivity index (χ1n) is 16.6. The van der Waals surface area contributed by atoms with Crippen molar-refractivity contribution in [2.45, 2.75) is 98.2 Å². The molecule has 0 spiro atoms. The highest BCUT2D eigenvalue weighted by atomic mass is 16.8. The number of benzene rings is 2. The Morgan fingerprint density at radius 2 is 1.11 bits per heavy atom. The van der Waals surface area contributed by atoms with Gasteiger partial charge in [-0.2, -0.15) is 0 Å². The van der Waals surface area contributed by atoms with Crippen molar-refractivity contribution < 1.29 is 99.5 Å². The Bertz CT molecular complexity index is 1570. The molecule has 6 rings (SSSR count). The molecule has 4 aliphatic heterocycles. The van der Waals surface area contributed by atoms with Crippen molar-refractivity contribution >= 4 is 6.08 Å². The number of fused-ring (bicyclic) bond motifs is 1. The molecule has 4 aliphatic rings. The maximum Gasteiger partial charge on any atom is 0.270 e. The Morgan fingerprint density at radius 3 is 1.70 bits per heavy atom. The second-order valence-corrected chi connectivity index (χ2v) is 13.0. The van der Waals surface area contributed by atoms with Gasteiger partial charge < -0.3 is 99.5 Å². The highest BCUT2D eigenvalue weighted by molar-refractivity contribution is 5.69. The quantitative estimate of drug-likeness (QED) is 0.101. The van der Waals surface area contributed by atoms with Crippen LogP contribution in [0.3, 0.4) is 0 Å². The van der Waals surface area contributed by atoms with E-state index in [2.05, 4.69) is 0 Å². The first-order chi connectivity index (χ1) is 25.3. The summed E-state index contributed by atoms with van der Waals surface area (Å²) in [6.07, 6.45) is -24.9. The van der Waals surface area contributed by atoms with Crippen LogP contribution in [0.15, 0.2) is 42.2 Å². The van der Waals surface area contributed by atoms with Gasteiger partial charge in [-0.15, -0.1) is 0 Å². The zero-order valence-electron chi connectivity index (χ0n) is 27.6. The van der Waals surface area contributed by atoms with Crippen molar-refractivity contribution in [3.63, 3.8) is 0 Å². The van der Waals surface area contributed by atoms with Gasteiger partial charge in [-0.3, -0.25) is 0 Å². The average molecular weight is 760 g/mol. The van der Waals surface area contributed by atoms with E-state index in [4.69, 9.17) is 33.2 Å². The smallest absolute Gasteiger partial charge is 0.270 e. The summed E-state index contributed by atoms with van der Waals surface area (Å²) in [5.74, 6) is -0.622. The van der Waals surface area contributed by atoms with E-state index in [1.165, 1.54) is 36.4 Å². The van der Waals surface area contributed by atoms with Crippen molar-refractivity contribution in [3.8, 4) is 23.0 Å². The first kappa shape index (κ1) is 39.3. The second-order valence-electron chi connectivity index (χ2n) is 13.0. The lowest BCUT2D eigenvalue weighted by atomic mass is 9.97. The fourth-order valence-corrected chi connectivity index (χ4v) is 6.40. The van der Waals surface area contributed by atoms with Crippen LogP contribution in [0.25, 0.3) is 6.08 Å². The number of phenols is 2. The zero-order valence-corrected chi connectivity index (χ0v) is 27.6. The van der Waals surface area contributed by atoms with Gasteiger partial charge in [-0.1, -0.05) is 0 Å². The minimum atomic E-state index is -1.91. The van der Waals surface area contributed by atoms with Crippen LogP contribution in [0.4, 0.5) is 0 Å². The number of phenolic OH excluding ortho intramolecular Hbond substituents is 2. The topological polar surface area (TPSA) is 331 Å². The molecule has 14 N–H and O–H groups in total. The van der Waals surface area contributed by atoms with Crippen molar-refractivity contribution in [1.29, 1.82) is 0 Å². The minimum absolute atomic E-state index is 0.0534. The summed E-state index contributed by atoms with van der Waals surface area (Å²) in [7, 11) is 0. The normalized spacial score (nSPS) is 40.1. The summed E-state index contributed by atoms with van der Waals surface area (Å²) >= 11 is 0. The van der Waals surface area contributed by atoms with E-state index in [0.29, 0.717) is 5.56 Å². The van der Waals surface area contributed by atoms with Crippen LogP contribution in [0, 0.1) is 0 Å². The summed E-state index contributed by atoms with van der Waals surface area (Å²) in [6.45, 7) is -2.29. The van der Waals surface area contributed by atoms with Crippen LogP contribution in [-0.2, 0) is 23.7 Å². The van der Waals surface area contributed by atoms with Gasteiger partial charge >= 0.3 is 0 Å². The summed E-state index contributed by atoms with van der Waals surface area (Å²) in [5.41, 5.74) is 0.457. The van der Waals surface area contributed by atoms with Crippen LogP contribution >= 0.6 is 0 Å². The third kappa shape index (κ3) is 7.76. The molecule has 294 valence electrons. The van der Waals surface area contributed by atoms with Gasteiger partial charge in [0.15, 0.2) is 18.2 Å². The molecule has 16 unspecified atom stereocenters. The van der Waals surface area contributed by atoms with E-state index < -0.39 is 124 Å². The maximum atomic E-state index is 11.1. The second kappa shape index (κ2) is 16.1. The lowest BCUT2D eigenvalue weighted by Gasteiger charge is -2.46. The first-order valence-corrected chi connectivity index (χ1v) is 16.6. The minimum Gasteiger partial charge on any atom is -0.571 e. The van der Waals surface area contributed by atoms with Gasteiger partial charge in [0, 0.05) is 12.1 Å². The molecule has 0 aromatic heterocycles. The molecule has 0 aliphatic carbocycles. The number of aliphatic hydroxyl groups excluding tert-OH is 11. The van der Waals surface area contributed by atoms with Gasteiger partial charge in [0.05, 0.1) is 31.5 Å². The number of rotatable bonds is 10. The third-order valence-electron chi connectivity index (χ3n) is 9.46. The van der Waals surface area contributed by atoms with Crippen LogP contribution in [0.2, 0.25) is 0 Å². The Morgan fingerprint density at radius 1 is 0.585 bits per heavy atom. The Kier molecular flexibility index (Phi) is 12.0. The lowest BCUT2D eigenvalue weighted by Crippen LogP contribution is -2.64. The molecular weight excluding hydrogens is 716 g/mol. The Balaban J connectivity index is 1.33. The van der Waals surface area contributed by atoms with E-state index in [1.54, 1.807) is 0 Å². The van der Waals surface area contributed by atoms with Crippen LogP contribution in [-0.4, -0.2) is 183 Å². The number of aliphatic hydroxyl groups is 12. The van der Waals surface area contributed by atoms with E-state index in [0.717, 1.165) is 6.07 Å². The fourth-order valence-electron chi connectivity index (χ4n) is 6.40. The molecule has 0 bridgehead atoms. The van der Waals surface area contributed by atoms with Crippen molar-refractivity contribution in [2.75, 3.05) is 19.8 Å². The highest BCUT2D eigenvalue weighted by Gasteiger charge is 2.52. The van der Waals surface area contributed by atoms with Gasteiger partial charge in [-0.25, -0.2) is 0 Å². The summed E-state index contributed by atoms with van der Waals surface area (Å²) in [5, 5.41) is 134. The van der Waals surface area contributed by atoms with Crippen LogP contribution in [0.5, 0.6) is 23.0 Å². The molecule has 2 aromatic rings. The molecule has 16 atom stereocenters. The zero-order chi connectivity index (χ0) is 38.3. The average Bonchev–Trinajstić information content (AvgIpc) is 3.15. The van der Waals surface area contributed by atoms with Gasteiger partial charge in [0.2, 0.25) is 12.6 Å². The molecule has 20 nitrogen and oxygen atoms in total. The molecular formula is C33H43O20+. The number of aromatic hydroxyl groups is 3. The molecule has 20 heteroatoms. The fraction of sp³-hybridized carbons (Fsp3) is 0.576. The molecule has 0 amide bonds. The molecule has 3 fully saturated rings. The number of ether oxygens (including phenoxy) is 7. The predicted molar refractivity (Wildman–Crippen MR) is 170 cm³/mol.